The molecule has 4 heteroatoms. The van der Waals surface area contributed by atoms with Crippen LogP contribution in [0.1, 0.15) is 51.1 Å². The van der Waals surface area contributed by atoms with Crippen LogP contribution in [-0.2, 0) is 6.54 Å². The van der Waals surface area contributed by atoms with E-state index in [1.807, 2.05) is 10.9 Å². The molecule has 1 aromatic rings. The minimum atomic E-state index is -0.206. The van der Waals surface area contributed by atoms with Crippen molar-refractivity contribution >= 4 is 0 Å². The lowest BCUT2D eigenvalue weighted by Gasteiger charge is -2.13. The molecule has 1 N–H and O–H groups in total. The Hall–Kier alpha value is -0.900. The monoisotopic (exact) mass is 241 g/mol. The number of halogens is 1. The summed E-state index contributed by atoms with van der Waals surface area (Å²) in [6, 6.07) is 0.402. The minimum absolute atomic E-state index is 0.206. The van der Waals surface area contributed by atoms with Gasteiger partial charge >= 0.3 is 0 Å². The smallest absolute Gasteiger partial charge is 0.0894 e. The SMILES string of the molecule is CCNC(CC)c1cnn(CCCCCF)c1. The number of hydrogen-bond donors (Lipinski definition) is 1. The second kappa shape index (κ2) is 8.23. The molecule has 1 aromatic heterocycles. The number of rotatable bonds is 9. The average molecular weight is 241 g/mol. The third kappa shape index (κ3) is 4.86. The summed E-state index contributed by atoms with van der Waals surface area (Å²) >= 11 is 0. The zero-order valence-electron chi connectivity index (χ0n) is 11.0. The molecule has 1 unspecified atom stereocenters. The van der Waals surface area contributed by atoms with Crippen molar-refractivity contribution in [3.63, 3.8) is 0 Å². The highest BCUT2D eigenvalue weighted by Crippen LogP contribution is 2.15. The maximum Gasteiger partial charge on any atom is 0.0894 e. The highest BCUT2D eigenvalue weighted by molar-refractivity contribution is 5.10. The molecular formula is C13H24FN3. The van der Waals surface area contributed by atoms with Gasteiger partial charge in [-0.3, -0.25) is 9.07 Å². The van der Waals surface area contributed by atoms with Crippen LogP contribution < -0.4 is 5.32 Å². The molecule has 0 fully saturated rings. The summed E-state index contributed by atoms with van der Waals surface area (Å²) in [6.45, 7) is 5.95. The van der Waals surface area contributed by atoms with Crippen LogP contribution in [0.4, 0.5) is 4.39 Å². The van der Waals surface area contributed by atoms with Gasteiger partial charge in [-0.25, -0.2) is 0 Å². The summed E-state index contributed by atoms with van der Waals surface area (Å²) in [4.78, 5) is 0. The Kier molecular flexibility index (Phi) is 6.86. The molecule has 0 aliphatic heterocycles. The van der Waals surface area contributed by atoms with Crippen LogP contribution in [0, 0.1) is 0 Å². The Balaban J connectivity index is 2.40. The van der Waals surface area contributed by atoms with Crippen molar-refractivity contribution in [2.75, 3.05) is 13.2 Å². The van der Waals surface area contributed by atoms with E-state index in [2.05, 4.69) is 30.5 Å². The second-order valence-corrected chi connectivity index (χ2v) is 4.30. The van der Waals surface area contributed by atoms with E-state index in [9.17, 15) is 4.39 Å². The largest absolute Gasteiger partial charge is 0.310 e. The average Bonchev–Trinajstić information content (AvgIpc) is 2.80. The maximum absolute atomic E-state index is 11.9. The van der Waals surface area contributed by atoms with Gasteiger partial charge in [-0.1, -0.05) is 13.8 Å². The van der Waals surface area contributed by atoms with Crippen molar-refractivity contribution in [3.05, 3.63) is 18.0 Å². The first kappa shape index (κ1) is 14.2. The third-order valence-electron chi connectivity index (χ3n) is 2.94. The first-order chi connectivity index (χ1) is 8.31. The molecule has 0 aliphatic rings. The van der Waals surface area contributed by atoms with Crippen LogP contribution in [0.25, 0.3) is 0 Å². The highest BCUT2D eigenvalue weighted by Gasteiger charge is 2.09. The minimum Gasteiger partial charge on any atom is -0.310 e. The van der Waals surface area contributed by atoms with Crippen molar-refractivity contribution in [1.82, 2.24) is 15.1 Å². The number of nitrogens with zero attached hydrogens (tertiary/aromatic N) is 2. The molecule has 0 spiro atoms. The van der Waals surface area contributed by atoms with Gasteiger partial charge in [0.25, 0.3) is 0 Å². The number of aromatic nitrogens is 2. The summed E-state index contributed by atoms with van der Waals surface area (Å²) in [5.41, 5.74) is 1.25. The van der Waals surface area contributed by atoms with Crippen molar-refractivity contribution in [2.45, 2.75) is 52.1 Å². The van der Waals surface area contributed by atoms with Gasteiger partial charge in [-0.15, -0.1) is 0 Å². The first-order valence-corrected chi connectivity index (χ1v) is 6.63. The lowest BCUT2D eigenvalue weighted by atomic mass is 10.1. The Labute approximate surface area is 103 Å². The van der Waals surface area contributed by atoms with Crippen molar-refractivity contribution in [3.8, 4) is 0 Å². The molecule has 3 nitrogen and oxygen atoms in total. The number of hydrogen-bond acceptors (Lipinski definition) is 2. The van der Waals surface area contributed by atoms with E-state index >= 15 is 0 Å². The zero-order valence-corrected chi connectivity index (χ0v) is 11.0. The van der Waals surface area contributed by atoms with Gasteiger partial charge in [0.2, 0.25) is 0 Å². The Morgan fingerprint density at radius 2 is 2.18 bits per heavy atom. The van der Waals surface area contributed by atoms with Crippen molar-refractivity contribution in [1.29, 1.82) is 0 Å². The maximum atomic E-state index is 11.9. The standard InChI is InChI=1S/C13H24FN3/c1-3-13(15-4-2)12-10-16-17(11-12)9-7-5-6-8-14/h10-11,13,15H,3-9H2,1-2H3. The van der Waals surface area contributed by atoms with Gasteiger partial charge in [-0.05, 0) is 32.2 Å². The molecule has 1 atom stereocenters. The summed E-state index contributed by atoms with van der Waals surface area (Å²) in [5, 5.41) is 7.78. The predicted octanol–water partition coefficient (Wildman–Crippen LogP) is 3.08. The lowest BCUT2D eigenvalue weighted by molar-refractivity contribution is 0.442. The van der Waals surface area contributed by atoms with Crippen LogP contribution in [0.5, 0.6) is 0 Å². The molecule has 0 amide bonds. The molecule has 0 radical (unpaired) electrons. The molecule has 0 saturated carbocycles. The van der Waals surface area contributed by atoms with Gasteiger partial charge in [0.05, 0.1) is 12.9 Å². The van der Waals surface area contributed by atoms with Gasteiger partial charge in [0, 0.05) is 24.3 Å². The summed E-state index contributed by atoms with van der Waals surface area (Å²) in [7, 11) is 0. The van der Waals surface area contributed by atoms with Crippen LogP contribution in [0.3, 0.4) is 0 Å². The van der Waals surface area contributed by atoms with Gasteiger partial charge in [-0.2, -0.15) is 5.10 Å². The van der Waals surface area contributed by atoms with Crippen LogP contribution in [-0.4, -0.2) is 23.0 Å². The van der Waals surface area contributed by atoms with E-state index in [1.165, 1.54) is 5.56 Å². The second-order valence-electron chi connectivity index (χ2n) is 4.30. The normalized spacial score (nSPS) is 12.9. The van der Waals surface area contributed by atoms with Gasteiger partial charge < -0.3 is 5.32 Å². The van der Waals surface area contributed by atoms with Gasteiger partial charge in [0.1, 0.15) is 0 Å². The Morgan fingerprint density at radius 3 is 2.82 bits per heavy atom. The van der Waals surface area contributed by atoms with E-state index < -0.39 is 0 Å². The Bertz CT molecular complexity index is 299. The number of alkyl halides is 1. The van der Waals surface area contributed by atoms with E-state index in [4.69, 9.17) is 0 Å². The first-order valence-electron chi connectivity index (χ1n) is 6.63. The van der Waals surface area contributed by atoms with E-state index in [0.717, 1.165) is 32.4 Å². The molecule has 0 aliphatic carbocycles. The molecule has 17 heavy (non-hydrogen) atoms. The molecule has 0 saturated heterocycles. The third-order valence-corrected chi connectivity index (χ3v) is 2.94. The fourth-order valence-corrected chi connectivity index (χ4v) is 1.97. The van der Waals surface area contributed by atoms with Gasteiger partial charge in [0.15, 0.2) is 0 Å². The number of unbranched alkanes of at least 4 members (excludes halogenated alkanes) is 2. The predicted molar refractivity (Wildman–Crippen MR) is 68.8 cm³/mol. The summed E-state index contributed by atoms with van der Waals surface area (Å²) in [5.74, 6) is 0. The molecule has 98 valence electrons. The fraction of sp³-hybridized carbons (Fsp3) is 0.769. The quantitative estimate of drug-likeness (QED) is 0.673. The van der Waals surface area contributed by atoms with Crippen molar-refractivity contribution < 1.29 is 4.39 Å². The summed E-state index contributed by atoms with van der Waals surface area (Å²) in [6.07, 6.45) is 7.72. The molecule has 0 aromatic carbocycles. The highest BCUT2D eigenvalue weighted by atomic mass is 19.1. The zero-order chi connectivity index (χ0) is 12.5. The topological polar surface area (TPSA) is 29.9 Å². The molecule has 1 rings (SSSR count). The molecule has 1 heterocycles. The summed E-state index contributed by atoms with van der Waals surface area (Å²) < 4.78 is 13.9. The van der Waals surface area contributed by atoms with Crippen LogP contribution in [0.15, 0.2) is 12.4 Å². The fourth-order valence-electron chi connectivity index (χ4n) is 1.97. The molecule has 0 bridgehead atoms. The number of nitrogens with one attached hydrogen (secondary N) is 1. The Morgan fingerprint density at radius 1 is 1.35 bits per heavy atom. The van der Waals surface area contributed by atoms with Crippen LogP contribution >= 0.6 is 0 Å². The van der Waals surface area contributed by atoms with Crippen molar-refractivity contribution in [2.24, 2.45) is 0 Å². The van der Waals surface area contributed by atoms with E-state index in [0.29, 0.717) is 12.5 Å². The van der Waals surface area contributed by atoms with E-state index in [1.54, 1.807) is 0 Å². The number of aryl methyl sites for hydroxylation is 1. The molecular weight excluding hydrogens is 217 g/mol. The van der Waals surface area contributed by atoms with Crippen LogP contribution in [0.2, 0.25) is 0 Å². The lowest BCUT2D eigenvalue weighted by Crippen LogP contribution is -2.19. The van der Waals surface area contributed by atoms with E-state index in [-0.39, 0.29) is 6.67 Å².